The van der Waals surface area contributed by atoms with Gasteiger partial charge in [0.15, 0.2) is 0 Å². The Hall–Kier alpha value is -1.96. The van der Waals surface area contributed by atoms with E-state index in [1.807, 2.05) is 58.9 Å². The molecule has 2 aromatic rings. The molecule has 2 rings (SSSR count). The maximum atomic E-state index is 9.33. The fourth-order valence-corrected chi connectivity index (χ4v) is 1.98. The zero-order valence-electron chi connectivity index (χ0n) is 12.3. The van der Waals surface area contributed by atoms with Gasteiger partial charge in [0.25, 0.3) is 0 Å². The fraction of sp³-hybridized carbons (Fsp3) is 0.294. The summed E-state index contributed by atoms with van der Waals surface area (Å²) in [7, 11) is 0. The number of phenols is 2. The SMILES string of the molecule is Cc1cc(C)c(O)c(C)c1.Cc1ccc(O)c(C)c1. The highest BCUT2D eigenvalue weighted by Gasteiger charge is 1.98. The van der Waals surface area contributed by atoms with Crippen molar-refractivity contribution in [2.75, 3.05) is 0 Å². The summed E-state index contributed by atoms with van der Waals surface area (Å²) >= 11 is 0. The van der Waals surface area contributed by atoms with Gasteiger partial charge in [-0.2, -0.15) is 0 Å². The molecule has 0 atom stereocenters. The van der Waals surface area contributed by atoms with Gasteiger partial charge < -0.3 is 10.2 Å². The Kier molecular flexibility index (Phi) is 4.99. The van der Waals surface area contributed by atoms with Crippen molar-refractivity contribution in [2.45, 2.75) is 34.6 Å². The number of benzene rings is 2. The highest BCUT2D eigenvalue weighted by atomic mass is 16.3. The third-order valence-electron chi connectivity index (χ3n) is 2.99. The zero-order chi connectivity index (χ0) is 14.6. The Morgan fingerprint density at radius 1 is 0.632 bits per heavy atom. The second-order valence-corrected chi connectivity index (χ2v) is 5.04. The average molecular weight is 258 g/mol. The molecule has 0 saturated heterocycles. The number of aromatic hydroxyl groups is 2. The smallest absolute Gasteiger partial charge is 0.121 e. The molecule has 0 amide bonds. The Morgan fingerprint density at radius 2 is 1.11 bits per heavy atom. The molecule has 2 aromatic carbocycles. The van der Waals surface area contributed by atoms with Gasteiger partial charge in [-0.25, -0.2) is 0 Å². The van der Waals surface area contributed by atoms with Crippen LogP contribution < -0.4 is 0 Å². The van der Waals surface area contributed by atoms with E-state index >= 15 is 0 Å². The third-order valence-corrected chi connectivity index (χ3v) is 2.99. The lowest BCUT2D eigenvalue weighted by atomic mass is 10.1. The molecule has 2 N–H and O–H groups in total. The van der Waals surface area contributed by atoms with Crippen molar-refractivity contribution in [1.82, 2.24) is 0 Å². The second-order valence-electron chi connectivity index (χ2n) is 5.04. The molecule has 0 aliphatic carbocycles. The number of phenolic OH excluding ortho intramolecular Hbond substituents is 2. The van der Waals surface area contributed by atoms with Gasteiger partial charge >= 0.3 is 0 Å². The molecule has 0 aliphatic heterocycles. The molecule has 0 spiro atoms. The van der Waals surface area contributed by atoms with Gasteiger partial charge in [-0.05, 0) is 57.4 Å². The quantitative estimate of drug-likeness (QED) is 0.738. The van der Waals surface area contributed by atoms with Crippen LogP contribution in [0.4, 0.5) is 0 Å². The number of aryl methyl sites for hydroxylation is 5. The summed E-state index contributed by atoms with van der Waals surface area (Å²) < 4.78 is 0. The molecule has 2 heteroatoms. The monoisotopic (exact) mass is 258 g/mol. The van der Waals surface area contributed by atoms with Crippen molar-refractivity contribution in [1.29, 1.82) is 0 Å². The van der Waals surface area contributed by atoms with Crippen LogP contribution in [0.15, 0.2) is 30.3 Å². The van der Waals surface area contributed by atoms with E-state index in [0.717, 1.165) is 16.7 Å². The maximum Gasteiger partial charge on any atom is 0.121 e. The molecule has 102 valence electrons. The van der Waals surface area contributed by atoms with E-state index in [-0.39, 0.29) is 0 Å². The molecule has 0 saturated carbocycles. The van der Waals surface area contributed by atoms with Crippen LogP contribution in [0.2, 0.25) is 0 Å². The molecule has 0 heterocycles. The summed E-state index contributed by atoms with van der Waals surface area (Å²) in [4.78, 5) is 0. The van der Waals surface area contributed by atoms with Crippen molar-refractivity contribution in [2.24, 2.45) is 0 Å². The van der Waals surface area contributed by atoms with Crippen molar-refractivity contribution < 1.29 is 10.2 Å². The summed E-state index contributed by atoms with van der Waals surface area (Å²) in [6.45, 7) is 9.75. The van der Waals surface area contributed by atoms with Crippen molar-refractivity contribution in [3.63, 3.8) is 0 Å². The van der Waals surface area contributed by atoms with Crippen molar-refractivity contribution in [3.8, 4) is 11.5 Å². The highest BCUT2D eigenvalue weighted by Crippen LogP contribution is 2.21. The van der Waals surface area contributed by atoms with Crippen LogP contribution in [-0.4, -0.2) is 10.2 Å². The first kappa shape index (κ1) is 15.1. The molecular weight excluding hydrogens is 236 g/mol. The van der Waals surface area contributed by atoms with Crippen LogP contribution in [-0.2, 0) is 0 Å². The first-order valence-corrected chi connectivity index (χ1v) is 6.34. The first-order chi connectivity index (χ1) is 8.81. The number of rotatable bonds is 0. The molecular formula is C17H22O2. The van der Waals surface area contributed by atoms with Gasteiger partial charge in [0.2, 0.25) is 0 Å². The topological polar surface area (TPSA) is 40.5 Å². The normalized spacial score (nSPS) is 9.74. The van der Waals surface area contributed by atoms with E-state index in [4.69, 9.17) is 5.11 Å². The Morgan fingerprint density at radius 3 is 1.53 bits per heavy atom. The van der Waals surface area contributed by atoms with Gasteiger partial charge in [0.1, 0.15) is 11.5 Å². The van der Waals surface area contributed by atoms with E-state index in [1.54, 1.807) is 6.07 Å². The van der Waals surface area contributed by atoms with Gasteiger partial charge in [-0.1, -0.05) is 35.4 Å². The largest absolute Gasteiger partial charge is 0.508 e. The minimum Gasteiger partial charge on any atom is -0.508 e. The van der Waals surface area contributed by atoms with Crippen LogP contribution in [0.1, 0.15) is 27.8 Å². The highest BCUT2D eigenvalue weighted by molar-refractivity contribution is 5.41. The van der Waals surface area contributed by atoms with Gasteiger partial charge in [-0.15, -0.1) is 0 Å². The molecule has 0 bridgehead atoms. The summed E-state index contributed by atoms with van der Waals surface area (Å²) in [6.07, 6.45) is 0. The van der Waals surface area contributed by atoms with Crippen LogP contribution in [0, 0.1) is 34.6 Å². The molecule has 19 heavy (non-hydrogen) atoms. The Labute approximate surface area is 115 Å². The number of hydrogen-bond donors (Lipinski definition) is 2. The summed E-state index contributed by atoms with van der Waals surface area (Å²) in [5, 5.41) is 18.4. The molecule has 2 nitrogen and oxygen atoms in total. The van der Waals surface area contributed by atoms with Crippen molar-refractivity contribution in [3.05, 3.63) is 58.1 Å². The molecule has 0 aromatic heterocycles. The fourth-order valence-electron chi connectivity index (χ4n) is 1.98. The Bertz CT molecular complexity index is 548. The minimum atomic E-state index is 0.376. The predicted molar refractivity (Wildman–Crippen MR) is 79.9 cm³/mol. The van der Waals surface area contributed by atoms with E-state index < -0.39 is 0 Å². The van der Waals surface area contributed by atoms with E-state index in [1.165, 1.54) is 11.1 Å². The maximum absolute atomic E-state index is 9.33. The van der Waals surface area contributed by atoms with E-state index in [0.29, 0.717) is 11.5 Å². The predicted octanol–water partition coefficient (Wildman–Crippen LogP) is 4.33. The van der Waals surface area contributed by atoms with Gasteiger partial charge in [-0.3, -0.25) is 0 Å². The zero-order valence-corrected chi connectivity index (χ0v) is 12.3. The molecule has 0 unspecified atom stereocenters. The average Bonchev–Trinajstić information content (AvgIpc) is 2.32. The molecule has 0 fully saturated rings. The summed E-state index contributed by atoms with van der Waals surface area (Å²) in [5.74, 6) is 0.797. The molecule has 0 radical (unpaired) electrons. The summed E-state index contributed by atoms with van der Waals surface area (Å²) in [6, 6.07) is 9.51. The van der Waals surface area contributed by atoms with Crippen LogP contribution in [0.3, 0.4) is 0 Å². The van der Waals surface area contributed by atoms with Crippen LogP contribution in [0.25, 0.3) is 0 Å². The first-order valence-electron chi connectivity index (χ1n) is 6.34. The second kappa shape index (κ2) is 6.28. The number of hydrogen-bond acceptors (Lipinski definition) is 2. The lowest BCUT2D eigenvalue weighted by Crippen LogP contribution is -1.81. The van der Waals surface area contributed by atoms with Gasteiger partial charge in [0, 0.05) is 0 Å². The molecule has 0 aliphatic rings. The van der Waals surface area contributed by atoms with Crippen LogP contribution in [0.5, 0.6) is 11.5 Å². The van der Waals surface area contributed by atoms with Gasteiger partial charge in [0.05, 0.1) is 0 Å². The van der Waals surface area contributed by atoms with E-state index in [2.05, 4.69) is 0 Å². The Balaban J connectivity index is 0.000000191. The summed E-state index contributed by atoms with van der Waals surface area (Å²) in [5.41, 5.74) is 5.24. The standard InChI is InChI=1S/C9H12O.C8H10O/c1-6-4-7(2)9(10)8(3)5-6;1-6-3-4-8(9)7(2)5-6/h4-5,10H,1-3H3;3-5,9H,1-2H3. The third kappa shape index (κ3) is 4.32. The van der Waals surface area contributed by atoms with Crippen molar-refractivity contribution >= 4 is 0 Å². The van der Waals surface area contributed by atoms with Crippen LogP contribution >= 0.6 is 0 Å². The minimum absolute atomic E-state index is 0.376. The lowest BCUT2D eigenvalue weighted by Gasteiger charge is -2.03. The van der Waals surface area contributed by atoms with E-state index in [9.17, 15) is 5.11 Å². The lowest BCUT2D eigenvalue weighted by molar-refractivity contribution is 0.466.